The minimum Gasteiger partial charge on any atom is -0.504 e. The minimum atomic E-state index is -3.41. The van der Waals surface area contributed by atoms with Crippen LogP contribution in [-0.4, -0.2) is 225 Å². The van der Waals surface area contributed by atoms with E-state index in [1.54, 1.807) is 0 Å². The Balaban J connectivity index is 1.18. The molecule has 0 radical (unpaired) electrons. The second-order valence-electron chi connectivity index (χ2n) is 24.8. The Morgan fingerprint density at radius 2 is 0.385 bits per heavy atom. The highest BCUT2D eigenvalue weighted by Gasteiger charge is 2.47. The molecule has 0 aliphatic rings. The number of benzene rings is 10. The monoisotopic (exact) mass is 1700 g/mol. The zero-order valence-corrected chi connectivity index (χ0v) is 59.9. The van der Waals surface area contributed by atoms with E-state index in [0.717, 1.165) is 0 Å². The van der Waals surface area contributed by atoms with Crippen molar-refractivity contribution in [1.82, 2.24) is 0 Å². The molecule has 122 heavy (non-hydrogen) atoms. The van der Waals surface area contributed by atoms with E-state index in [0.29, 0.717) is 84.9 Å². The summed E-state index contributed by atoms with van der Waals surface area (Å²) >= 11 is 0. The van der Waals surface area contributed by atoms with Crippen molar-refractivity contribution in [2.45, 2.75) is 24.4 Å². The predicted octanol–water partition coefficient (Wildman–Crippen LogP) is 4.68. The fourth-order valence-electron chi connectivity index (χ4n) is 10.4. The maximum Gasteiger partial charge on any atom is 0.343 e. The maximum atomic E-state index is 15.3. The number of aromatic hydroxyl groups is 25. The molecule has 0 aromatic heterocycles. The van der Waals surface area contributed by atoms with E-state index in [2.05, 4.69) is 0 Å². The normalized spacial score (nSPS) is 11.9. The highest BCUT2D eigenvalue weighted by molar-refractivity contribution is 6.00. The number of carbonyl (C=O) groups is 11. The van der Waals surface area contributed by atoms with Gasteiger partial charge < -0.3 is 175 Å². The van der Waals surface area contributed by atoms with Crippen LogP contribution in [0.1, 0.15) is 104 Å². The van der Waals surface area contributed by atoms with Crippen LogP contribution in [0.2, 0.25) is 0 Å². The van der Waals surface area contributed by atoms with Gasteiger partial charge in [0.2, 0.25) is 28.7 Å². The Morgan fingerprint density at radius 1 is 0.213 bits per heavy atom. The molecule has 4 atom stereocenters. The molecule has 632 valence electrons. The quantitative estimate of drug-likeness (QED) is 0.0121. The summed E-state index contributed by atoms with van der Waals surface area (Å²) in [6, 6.07) is 7.59. The first-order valence-corrected chi connectivity index (χ1v) is 32.9. The smallest absolute Gasteiger partial charge is 0.343 e. The summed E-state index contributed by atoms with van der Waals surface area (Å²) in [4.78, 5) is 156. The van der Waals surface area contributed by atoms with E-state index in [4.69, 9.17) is 47.4 Å². The van der Waals surface area contributed by atoms with E-state index in [-0.39, 0.29) is 36.4 Å². The molecule has 0 amide bonds. The standard InChI is InChI=1S/C76H52O46/c77-21-53(119-73(109)29-12-44(89)61(99)49(17-29)115-69(105)24-3-35(80)56(94)36(81)4-24)65(121-75(111)31-14-46(91)63(101)51(19-31)117-71(107)26-7-39(84)58(96)40(85)8-26)66(122-76(112)32-15-47(92)64(102)52(20-32)118-72(108)27-9-41(86)59(97)42(87)10-27)54(120-74(110)30-13-45(90)62(100)50(18-30)116-70(106)25-5-37(82)57(95)38(83)6-25)22-113-67(103)28-11-43(88)60(98)48(16-28)114-68(104)23-1-33(78)55(93)34(79)2-23/h1-21,53-54,65-66,78-102H,22H2/t53-,54+,65+,66+/m0/s1. The lowest BCUT2D eigenvalue weighted by Gasteiger charge is -2.34. The van der Waals surface area contributed by atoms with Gasteiger partial charge in [-0.2, -0.15) is 0 Å². The molecule has 0 saturated carbocycles. The van der Waals surface area contributed by atoms with Gasteiger partial charge in [0.05, 0.1) is 55.6 Å². The largest absolute Gasteiger partial charge is 0.504 e. The van der Waals surface area contributed by atoms with Gasteiger partial charge >= 0.3 is 59.7 Å². The summed E-state index contributed by atoms with van der Waals surface area (Å²) in [5, 5.41) is 261. The molecule has 0 bridgehead atoms. The number of rotatable bonds is 25. The third-order valence-corrected chi connectivity index (χ3v) is 16.5. The predicted molar refractivity (Wildman–Crippen MR) is 384 cm³/mol. The minimum absolute atomic E-state index is 0.221. The van der Waals surface area contributed by atoms with Crippen LogP contribution in [0, 0.1) is 0 Å². The topological polar surface area (TPSA) is 786 Å². The Kier molecular flexibility index (Phi) is 24.2. The average molecular weight is 1700 g/mol. The maximum absolute atomic E-state index is 15.3. The van der Waals surface area contributed by atoms with E-state index >= 15 is 14.4 Å². The first-order chi connectivity index (χ1) is 57.3. The van der Waals surface area contributed by atoms with Gasteiger partial charge in [0, 0.05) is 0 Å². The Labute approximate surface area is 672 Å². The van der Waals surface area contributed by atoms with Crippen molar-refractivity contribution in [2.75, 3.05) is 6.61 Å². The Hall–Kier alpha value is -18.4. The first kappa shape index (κ1) is 86.0. The summed E-state index contributed by atoms with van der Waals surface area (Å²) in [5.41, 5.74) is -10.5. The molecule has 10 rings (SSSR count). The molecule has 0 spiro atoms. The van der Waals surface area contributed by atoms with Gasteiger partial charge in [-0.15, -0.1) is 0 Å². The first-order valence-electron chi connectivity index (χ1n) is 32.9. The van der Waals surface area contributed by atoms with Crippen LogP contribution in [0.3, 0.4) is 0 Å². The Morgan fingerprint density at radius 3 is 0.598 bits per heavy atom. The number of phenolic OH excluding ortho intramolecular Hbond substituents is 25. The number of aldehydes is 1. The van der Waals surface area contributed by atoms with Crippen molar-refractivity contribution in [1.29, 1.82) is 0 Å². The average Bonchev–Trinajstić information content (AvgIpc) is 0.793. The lowest BCUT2D eigenvalue weighted by atomic mass is 10.0. The van der Waals surface area contributed by atoms with Crippen molar-refractivity contribution in [2.24, 2.45) is 0 Å². The highest BCUT2D eigenvalue weighted by Crippen LogP contribution is 2.47. The van der Waals surface area contributed by atoms with Gasteiger partial charge in [0.1, 0.15) is 6.61 Å². The molecule has 10 aromatic carbocycles. The van der Waals surface area contributed by atoms with Crippen LogP contribution >= 0.6 is 0 Å². The second kappa shape index (κ2) is 34.3. The third kappa shape index (κ3) is 18.4. The van der Waals surface area contributed by atoms with Crippen molar-refractivity contribution in [3.8, 4) is 172 Å². The van der Waals surface area contributed by atoms with E-state index in [9.17, 15) is 166 Å². The van der Waals surface area contributed by atoms with Crippen molar-refractivity contribution < 1.29 is 228 Å². The SMILES string of the molecule is O=C[C@H](OC(=O)c1cc(O)c(O)c(OC(=O)c2cc(O)c(O)c(O)c2)c1)[C@@H](OC(=O)c1cc(O)c(O)c(OC(=O)c2cc(O)c(O)c(O)c2)c1)[C@H](OC(=O)c1cc(O)c(O)c(OC(=O)c2cc(O)c(O)c(O)c2)c1)[C@@H](COC(=O)c1cc(O)c(O)c(OC(=O)c2cc(O)c(O)c(O)c2)c1)OC(=O)c1cc(O)c(O)c(OC(=O)c2cc(O)c(O)c(O)c2)c1. The number of esters is 10. The molecule has 0 unspecified atom stereocenters. The third-order valence-electron chi connectivity index (χ3n) is 16.5. The van der Waals surface area contributed by atoms with Crippen molar-refractivity contribution in [3.63, 3.8) is 0 Å². The molecule has 46 nitrogen and oxygen atoms in total. The summed E-state index contributed by atoms with van der Waals surface area (Å²) in [6.07, 6.45) is -13.9. The van der Waals surface area contributed by atoms with Gasteiger partial charge in [-0.05, 0) is 121 Å². The van der Waals surface area contributed by atoms with Crippen LogP contribution in [0.25, 0.3) is 0 Å². The molecular weight excluding hydrogens is 1650 g/mol. The van der Waals surface area contributed by atoms with Gasteiger partial charge in [-0.25, -0.2) is 47.9 Å². The molecule has 0 aliphatic heterocycles. The molecule has 46 heteroatoms. The van der Waals surface area contributed by atoms with Crippen LogP contribution in [0.5, 0.6) is 172 Å². The van der Waals surface area contributed by atoms with Gasteiger partial charge in [0.25, 0.3) is 0 Å². The van der Waals surface area contributed by atoms with E-state index < -0.39 is 325 Å². The van der Waals surface area contributed by atoms with Crippen LogP contribution in [-0.2, 0) is 28.5 Å². The fourth-order valence-corrected chi connectivity index (χ4v) is 10.4. The van der Waals surface area contributed by atoms with E-state index in [1.807, 2.05) is 0 Å². The van der Waals surface area contributed by atoms with Crippen molar-refractivity contribution in [3.05, 3.63) is 177 Å². The van der Waals surface area contributed by atoms with Crippen LogP contribution in [0.4, 0.5) is 0 Å². The lowest BCUT2D eigenvalue weighted by molar-refractivity contribution is -0.143. The zero-order chi connectivity index (χ0) is 89.8. The summed E-state index contributed by atoms with van der Waals surface area (Å²) in [5.74, 6) is -58.0. The van der Waals surface area contributed by atoms with Gasteiger partial charge in [0.15, 0.2) is 174 Å². The molecule has 0 fully saturated rings. The molecule has 25 N–H and O–H groups in total. The van der Waals surface area contributed by atoms with Gasteiger partial charge in [-0.1, -0.05) is 0 Å². The highest BCUT2D eigenvalue weighted by atomic mass is 16.6. The molecule has 10 aromatic rings. The number of hydrogen-bond donors (Lipinski definition) is 25. The molecule has 0 saturated heterocycles. The summed E-state index contributed by atoms with van der Waals surface area (Å²) < 4.78 is 53.5. The number of hydrogen-bond acceptors (Lipinski definition) is 46. The molecular formula is C76H52O46. The summed E-state index contributed by atoms with van der Waals surface area (Å²) in [7, 11) is 0. The van der Waals surface area contributed by atoms with Crippen molar-refractivity contribution >= 4 is 66.0 Å². The Bertz CT molecular complexity index is 5950. The van der Waals surface area contributed by atoms with Gasteiger partial charge in [-0.3, -0.25) is 4.79 Å². The zero-order valence-electron chi connectivity index (χ0n) is 59.9. The fraction of sp³-hybridized carbons (Fsp3) is 0.0658. The van der Waals surface area contributed by atoms with E-state index in [1.165, 1.54) is 0 Å². The number of phenols is 25. The van der Waals surface area contributed by atoms with Crippen LogP contribution in [0.15, 0.2) is 121 Å². The lowest BCUT2D eigenvalue weighted by Crippen LogP contribution is -2.54. The number of ether oxygens (including phenoxy) is 10. The number of carbonyl (C=O) groups excluding carboxylic acids is 11. The second-order valence-corrected chi connectivity index (χ2v) is 24.8. The molecule has 0 aliphatic carbocycles. The van der Waals surface area contributed by atoms with Crippen LogP contribution < -0.4 is 23.7 Å². The summed E-state index contributed by atoms with van der Waals surface area (Å²) in [6.45, 7) is -1.99. The molecule has 0 heterocycles.